The van der Waals surface area contributed by atoms with Crippen LogP contribution >= 0.6 is 11.6 Å². The van der Waals surface area contributed by atoms with E-state index < -0.39 is 0 Å². The van der Waals surface area contributed by atoms with Gasteiger partial charge in [0, 0.05) is 0 Å². The molecule has 0 amide bonds. The maximum Gasteiger partial charge on any atom is 0.0559 e. The Labute approximate surface area is 73.2 Å². The molecule has 0 saturated heterocycles. The summed E-state index contributed by atoms with van der Waals surface area (Å²) >= 11 is 5.98. The monoisotopic (exact) mass is 168 g/mol. The molecule has 0 N–H and O–H groups in total. The van der Waals surface area contributed by atoms with E-state index in [0.29, 0.717) is 0 Å². The van der Waals surface area contributed by atoms with Crippen LogP contribution in [0.1, 0.15) is 29.0 Å². The van der Waals surface area contributed by atoms with Crippen LogP contribution in [0.3, 0.4) is 0 Å². The molecule has 1 heteroatoms. The van der Waals surface area contributed by atoms with Gasteiger partial charge in [-0.15, -0.1) is 11.6 Å². The Kier molecular flexibility index (Phi) is 2.56. The topological polar surface area (TPSA) is 0 Å². The van der Waals surface area contributed by atoms with Gasteiger partial charge in [0.1, 0.15) is 0 Å². The average molecular weight is 169 g/mol. The summed E-state index contributed by atoms with van der Waals surface area (Å²) in [5.41, 5.74) is 3.79. The first-order valence-corrected chi connectivity index (χ1v) is 4.26. The Morgan fingerprint density at radius 1 is 1.27 bits per heavy atom. The fraction of sp³-hybridized carbons (Fsp3) is 0.400. The van der Waals surface area contributed by atoms with Gasteiger partial charge in [-0.3, -0.25) is 0 Å². The lowest BCUT2D eigenvalue weighted by molar-refractivity contribution is 1.05. The number of rotatable bonds is 1. The number of halogens is 1. The van der Waals surface area contributed by atoms with Crippen molar-refractivity contribution in [3.8, 4) is 0 Å². The molecule has 1 aromatic rings. The van der Waals surface area contributed by atoms with Crippen molar-refractivity contribution in [3.63, 3.8) is 0 Å². The van der Waals surface area contributed by atoms with Crippen molar-refractivity contribution >= 4 is 11.6 Å². The maximum atomic E-state index is 5.98. The van der Waals surface area contributed by atoms with E-state index in [-0.39, 0.29) is 5.38 Å². The average Bonchev–Trinajstić information content (AvgIpc) is 1.94. The van der Waals surface area contributed by atoms with E-state index in [9.17, 15) is 0 Å². The van der Waals surface area contributed by atoms with Gasteiger partial charge in [-0.2, -0.15) is 0 Å². The molecule has 0 spiro atoms. The summed E-state index contributed by atoms with van der Waals surface area (Å²) in [7, 11) is 0. The van der Waals surface area contributed by atoms with Crippen molar-refractivity contribution in [2.75, 3.05) is 0 Å². The predicted octanol–water partition coefficient (Wildman–Crippen LogP) is 3.60. The zero-order chi connectivity index (χ0) is 8.43. The van der Waals surface area contributed by atoms with Gasteiger partial charge in [0.25, 0.3) is 0 Å². The van der Waals surface area contributed by atoms with Crippen LogP contribution in [0.5, 0.6) is 0 Å². The highest BCUT2D eigenvalue weighted by Crippen LogP contribution is 2.23. The zero-order valence-electron chi connectivity index (χ0n) is 7.19. The molecule has 0 aliphatic rings. The van der Waals surface area contributed by atoms with Crippen molar-refractivity contribution in [2.45, 2.75) is 26.1 Å². The summed E-state index contributed by atoms with van der Waals surface area (Å²) in [6, 6.07) is 6.37. The third-order valence-corrected chi connectivity index (χ3v) is 2.10. The minimum atomic E-state index is 0.120. The lowest BCUT2D eigenvalue weighted by Crippen LogP contribution is -1.89. The van der Waals surface area contributed by atoms with Crippen molar-refractivity contribution < 1.29 is 0 Å². The molecule has 1 aromatic carbocycles. The Morgan fingerprint density at radius 2 is 1.91 bits per heavy atom. The molecule has 0 aliphatic heterocycles. The van der Waals surface area contributed by atoms with Gasteiger partial charge >= 0.3 is 0 Å². The molecule has 0 nitrogen and oxygen atoms in total. The first-order valence-electron chi connectivity index (χ1n) is 3.82. The van der Waals surface area contributed by atoms with Crippen LogP contribution in [0.15, 0.2) is 18.2 Å². The smallest absolute Gasteiger partial charge is 0.0559 e. The van der Waals surface area contributed by atoms with E-state index in [0.717, 1.165) is 0 Å². The highest BCUT2D eigenvalue weighted by atomic mass is 35.5. The van der Waals surface area contributed by atoms with Gasteiger partial charge in [0.2, 0.25) is 0 Å². The SMILES string of the molecule is Cc1ccc(C)c([C@@H](C)Cl)c1. The van der Waals surface area contributed by atoms with Crippen LogP contribution in [0.4, 0.5) is 0 Å². The van der Waals surface area contributed by atoms with E-state index >= 15 is 0 Å². The van der Waals surface area contributed by atoms with Crippen LogP contribution < -0.4 is 0 Å². The summed E-state index contributed by atoms with van der Waals surface area (Å²) in [5, 5.41) is 0.120. The molecule has 0 aromatic heterocycles. The highest BCUT2D eigenvalue weighted by molar-refractivity contribution is 6.20. The van der Waals surface area contributed by atoms with Crippen molar-refractivity contribution in [1.82, 2.24) is 0 Å². The van der Waals surface area contributed by atoms with Crippen molar-refractivity contribution in [2.24, 2.45) is 0 Å². The van der Waals surface area contributed by atoms with Crippen LogP contribution in [0.2, 0.25) is 0 Å². The number of alkyl halides is 1. The van der Waals surface area contributed by atoms with Gasteiger partial charge < -0.3 is 0 Å². The third kappa shape index (κ3) is 1.97. The molecule has 0 radical (unpaired) electrons. The van der Waals surface area contributed by atoms with Crippen molar-refractivity contribution in [3.05, 3.63) is 34.9 Å². The summed E-state index contributed by atoms with van der Waals surface area (Å²) in [5.74, 6) is 0. The molecule has 0 unspecified atom stereocenters. The van der Waals surface area contributed by atoms with E-state index in [1.165, 1.54) is 16.7 Å². The molecule has 0 bridgehead atoms. The van der Waals surface area contributed by atoms with Gasteiger partial charge in [-0.1, -0.05) is 23.8 Å². The van der Waals surface area contributed by atoms with E-state index in [4.69, 9.17) is 11.6 Å². The van der Waals surface area contributed by atoms with Crippen LogP contribution in [0, 0.1) is 13.8 Å². The fourth-order valence-electron chi connectivity index (χ4n) is 1.19. The first kappa shape index (κ1) is 8.61. The Bertz CT molecular complexity index is 251. The molecule has 0 fully saturated rings. The molecule has 11 heavy (non-hydrogen) atoms. The molecular weight excluding hydrogens is 156 g/mol. The van der Waals surface area contributed by atoms with Crippen molar-refractivity contribution in [1.29, 1.82) is 0 Å². The Balaban J connectivity index is 3.13. The molecule has 60 valence electrons. The summed E-state index contributed by atoms with van der Waals surface area (Å²) < 4.78 is 0. The molecule has 1 atom stereocenters. The highest BCUT2D eigenvalue weighted by Gasteiger charge is 2.03. The summed E-state index contributed by atoms with van der Waals surface area (Å²) in [4.78, 5) is 0. The van der Waals surface area contributed by atoms with Gasteiger partial charge in [0.15, 0.2) is 0 Å². The Morgan fingerprint density at radius 3 is 2.36 bits per heavy atom. The first-order chi connectivity index (χ1) is 5.11. The van der Waals surface area contributed by atoms with Crippen LogP contribution in [-0.2, 0) is 0 Å². The molecule has 0 aliphatic carbocycles. The second-order valence-corrected chi connectivity index (χ2v) is 3.63. The standard InChI is InChI=1S/C10H13Cl/c1-7-4-5-8(2)10(6-7)9(3)11/h4-6,9H,1-3H3/t9-/m1/s1. The predicted molar refractivity (Wildman–Crippen MR) is 50.2 cm³/mol. The molecule has 1 rings (SSSR count). The molecule has 0 saturated carbocycles. The van der Waals surface area contributed by atoms with Crippen LogP contribution in [0.25, 0.3) is 0 Å². The van der Waals surface area contributed by atoms with E-state index in [1.54, 1.807) is 0 Å². The number of hydrogen-bond acceptors (Lipinski definition) is 0. The number of aryl methyl sites for hydroxylation is 2. The largest absolute Gasteiger partial charge is 0.118 e. The minimum Gasteiger partial charge on any atom is -0.118 e. The lowest BCUT2D eigenvalue weighted by atomic mass is 10.0. The molecular formula is C10H13Cl. The minimum absolute atomic E-state index is 0.120. The number of benzene rings is 1. The van der Waals surface area contributed by atoms with Gasteiger partial charge in [0.05, 0.1) is 5.38 Å². The summed E-state index contributed by atoms with van der Waals surface area (Å²) in [6.07, 6.45) is 0. The van der Waals surface area contributed by atoms with Gasteiger partial charge in [-0.25, -0.2) is 0 Å². The quantitative estimate of drug-likeness (QED) is 0.562. The fourth-order valence-corrected chi connectivity index (χ4v) is 1.42. The maximum absolute atomic E-state index is 5.98. The zero-order valence-corrected chi connectivity index (χ0v) is 7.94. The van der Waals surface area contributed by atoms with E-state index in [1.807, 2.05) is 6.92 Å². The Hall–Kier alpha value is -0.490. The third-order valence-electron chi connectivity index (χ3n) is 1.86. The molecule has 0 heterocycles. The second kappa shape index (κ2) is 3.27. The summed E-state index contributed by atoms with van der Waals surface area (Å²) in [6.45, 7) is 6.18. The number of hydrogen-bond donors (Lipinski definition) is 0. The van der Waals surface area contributed by atoms with Gasteiger partial charge in [-0.05, 0) is 31.9 Å². The van der Waals surface area contributed by atoms with Crippen LogP contribution in [-0.4, -0.2) is 0 Å². The second-order valence-electron chi connectivity index (χ2n) is 2.98. The normalized spacial score (nSPS) is 13.1. The van der Waals surface area contributed by atoms with E-state index in [2.05, 4.69) is 32.0 Å². The lowest BCUT2D eigenvalue weighted by Gasteiger charge is -2.07.